The molecule has 1 amide bonds. The number of likely N-dealkylation sites (N-methyl/N-ethyl adjacent to an activating group) is 1. The van der Waals surface area contributed by atoms with Crippen molar-refractivity contribution in [2.75, 3.05) is 39.5 Å². The second-order valence-electron chi connectivity index (χ2n) is 5.83. The summed E-state index contributed by atoms with van der Waals surface area (Å²) in [5.41, 5.74) is 6.84. The van der Waals surface area contributed by atoms with Crippen LogP contribution < -0.4 is 15.8 Å². The van der Waals surface area contributed by atoms with Crippen LogP contribution in [0.4, 0.5) is 0 Å². The topological polar surface area (TPSA) is 139 Å². The van der Waals surface area contributed by atoms with E-state index in [4.69, 9.17) is 20.4 Å². The van der Waals surface area contributed by atoms with Crippen LogP contribution in [0.3, 0.4) is 0 Å². The number of carboxylic acids is 1. The number of hydrogen-bond donors (Lipinski definition) is 3. The zero-order valence-electron chi connectivity index (χ0n) is 16.2. The number of hydrogen-bond acceptors (Lipinski definition) is 6. The molecule has 0 radical (unpaired) electrons. The van der Waals surface area contributed by atoms with Crippen molar-refractivity contribution in [3.8, 4) is 5.75 Å². The van der Waals surface area contributed by atoms with Crippen molar-refractivity contribution >= 4 is 21.9 Å². The van der Waals surface area contributed by atoms with E-state index >= 15 is 0 Å². The largest absolute Gasteiger partial charge is 0.493 e. The SMILES string of the molecule is CC(=O)O.Cc1ccc(C(=O)NCCN(C)S(C)(=O)=O)cc1OCCCN. The number of aliphatic carboxylic acids is 1. The number of ether oxygens (including phenoxy) is 1. The van der Waals surface area contributed by atoms with Crippen LogP contribution >= 0.6 is 0 Å². The minimum atomic E-state index is -3.24. The lowest BCUT2D eigenvalue weighted by molar-refractivity contribution is -0.134. The molecule has 154 valence electrons. The Balaban J connectivity index is 0.00000153. The first-order valence-corrected chi connectivity index (χ1v) is 10.2. The number of nitrogens with one attached hydrogen (secondary N) is 1. The summed E-state index contributed by atoms with van der Waals surface area (Å²) in [6.07, 6.45) is 1.87. The molecule has 27 heavy (non-hydrogen) atoms. The minimum Gasteiger partial charge on any atom is -0.493 e. The van der Waals surface area contributed by atoms with Crippen LogP contribution in [0, 0.1) is 6.92 Å². The molecule has 0 aliphatic rings. The van der Waals surface area contributed by atoms with Gasteiger partial charge in [0.25, 0.3) is 11.9 Å². The van der Waals surface area contributed by atoms with Gasteiger partial charge in [0.1, 0.15) is 5.75 Å². The van der Waals surface area contributed by atoms with Gasteiger partial charge in [-0.25, -0.2) is 12.7 Å². The molecule has 0 aliphatic carbocycles. The number of benzene rings is 1. The molecule has 1 rings (SSSR count). The molecule has 0 fully saturated rings. The standard InChI is InChI=1S/C15H25N3O4S.C2H4O2/c1-12-5-6-13(11-14(12)22-10-4-7-16)15(19)17-8-9-18(2)23(3,20)21;1-2(3)4/h5-6,11H,4,7-10,16H2,1-3H3,(H,17,19);1H3,(H,3,4). The van der Waals surface area contributed by atoms with Gasteiger partial charge in [0.15, 0.2) is 0 Å². The average Bonchev–Trinajstić information content (AvgIpc) is 2.55. The van der Waals surface area contributed by atoms with E-state index in [0.29, 0.717) is 24.5 Å². The Morgan fingerprint density at radius 2 is 1.93 bits per heavy atom. The first kappa shape index (κ1) is 24.8. The Hall–Kier alpha value is -2.17. The highest BCUT2D eigenvalue weighted by molar-refractivity contribution is 7.88. The Morgan fingerprint density at radius 1 is 1.33 bits per heavy atom. The number of aryl methyl sites for hydroxylation is 1. The van der Waals surface area contributed by atoms with Gasteiger partial charge in [-0.2, -0.15) is 0 Å². The third-order valence-corrected chi connectivity index (χ3v) is 4.65. The van der Waals surface area contributed by atoms with E-state index in [9.17, 15) is 13.2 Å². The number of carbonyl (C=O) groups is 2. The smallest absolute Gasteiger partial charge is 0.300 e. The predicted octanol–water partition coefficient (Wildman–Crippen LogP) is 0.435. The number of nitrogens with two attached hydrogens (primary N) is 1. The fourth-order valence-electron chi connectivity index (χ4n) is 1.76. The second kappa shape index (κ2) is 12.3. The lowest BCUT2D eigenvalue weighted by Crippen LogP contribution is -2.35. The highest BCUT2D eigenvalue weighted by Crippen LogP contribution is 2.19. The van der Waals surface area contributed by atoms with Crippen LogP contribution in [0.1, 0.15) is 29.3 Å². The molecule has 0 saturated carbocycles. The Bertz CT molecular complexity index is 717. The van der Waals surface area contributed by atoms with Crippen molar-refractivity contribution in [1.29, 1.82) is 0 Å². The number of carboxylic acid groups (broad SMARTS) is 1. The van der Waals surface area contributed by atoms with Gasteiger partial charge < -0.3 is 20.9 Å². The molecule has 0 spiro atoms. The van der Waals surface area contributed by atoms with Gasteiger partial charge in [-0.1, -0.05) is 6.07 Å². The maximum Gasteiger partial charge on any atom is 0.300 e. The lowest BCUT2D eigenvalue weighted by Gasteiger charge is -2.15. The Labute approximate surface area is 160 Å². The monoisotopic (exact) mass is 403 g/mol. The zero-order valence-corrected chi connectivity index (χ0v) is 17.0. The lowest BCUT2D eigenvalue weighted by atomic mass is 10.1. The Kier molecular flexibility index (Phi) is 11.3. The third-order valence-electron chi connectivity index (χ3n) is 3.33. The van der Waals surface area contributed by atoms with Crippen LogP contribution in [0.25, 0.3) is 0 Å². The highest BCUT2D eigenvalue weighted by atomic mass is 32.2. The molecule has 0 aliphatic heterocycles. The van der Waals surface area contributed by atoms with E-state index in [1.165, 1.54) is 11.4 Å². The molecule has 0 bridgehead atoms. The third kappa shape index (κ3) is 11.2. The minimum absolute atomic E-state index is 0.219. The maximum atomic E-state index is 12.1. The predicted molar refractivity (Wildman–Crippen MR) is 103 cm³/mol. The molecule has 0 aromatic heterocycles. The van der Waals surface area contributed by atoms with Gasteiger partial charge in [-0.3, -0.25) is 9.59 Å². The molecule has 0 atom stereocenters. The number of rotatable bonds is 9. The van der Waals surface area contributed by atoms with Gasteiger partial charge in [0, 0.05) is 32.6 Å². The van der Waals surface area contributed by atoms with Crippen LogP contribution in [0.15, 0.2) is 18.2 Å². The highest BCUT2D eigenvalue weighted by Gasteiger charge is 2.12. The van der Waals surface area contributed by atoms with Crippen molar-refractivity contribution in [2.45, 2.75) is 20.3 Å². The molecular weight excluding hydrogens is 374 g/mol. The average molecular weight is 404 g/mol. The van der Waals surface area contributed by atoms with Crippen molar-refractivity contribution in [3.05, 3.63) is 29.3 Å². The fourth-order valence-corrected chi connectivity index (χ4v) is 2.18. The first-order chi connectivity index (χ1) is 12.5. The van der Waals surface area contributed by atoms with E-state index in [1.54, 1.807) is 12.1 Å². The summed E-state index contributed by atoms with van der Waals surface area (Å²) in [6.45, 7) is 4.49. The number of nitrogens with zero attached hydrogens (tertiary/aromatic N) is 1. The van der Waals surface area contributed by atoms with Crippen LogP contribution in [-0.2, 0) is 14.8 Å². The van der Waals surface area contributed by atoms with Crippen molar-refractivity contribution in [3.63, 3.8) is 0 Å². The summed E-state index contributed by atoms with van der Waals surface area (Å²) < 4.78 is 29.3. The number of sulfonamides is 1. The summed E-state index contributed by atoms with van der Waals surface area (Å²) in [7, 11) is -1.77. The molecule has 0 unspecified atom stereocenters. The molecule has 4 N–H and O–H groups in total. The van der Waals surface area contributed by atoms with E-state index in [1.807, 2.05) is 13.0 Å². The number of carbonyl (C=O) groups excluding carboxylic acids is 1. The number of amides is 1. The summed E-state index contributed by atoms with van der Waals surface area (Å²) in [5.74, 6) is -0.449. The van der Waals surface area contributed by atoms with Gasteiger partial charge in [-0.15, -0.1) is 0 Å². The normalized spacial score (nSPS) is 10.7. The molecule has 9 nitrogen and oxygen atoms in total. The molecule has 1 aromatic carbocycles. The van der Waals surface area contributed by atoms with Gasteiger partial charge >= 0.3 is 0 Å². The summed E-state index contributed by atoms with van der Waals surface area (Å²) in [5, 5.41) is 10.1. The summed E-state index contributed by atoms with van der Waals surface area (Å²) in [4.78, 5) is 21.1. The van der Waals surface area contributed by atoms with E-state index in [0.717, 1.165) is 25.2 Å². The molecular formula is C17H29N3O6S. The Morgan fingerprint density at radius 3 is 2.44 bits per heavy atom. The molecule has 0 saturated heterocycles. The van der Waals surface area contributed by atoms with Gasteiger partial charge in [0.2, 0.25) is 10.0 Å². The van der Waals surface area contributed by atoms with Crippen LogP contribution in [0.2, 0.25) is 0 Å². The van der Waals surface area contributed by atoms with Crippen molar-refractivity contribution in [2.24, 2.45) is 5.73 Å². The summed E-state index contributed by atoms with van der Waals surface area (Å²) in [6, 6.07) is 5.21. The molecule has 10 heteroatoms. The van der Waals surface area contributed by atoms with Crippen LogP contribution in [0.5, 0.6) is 5.75 Å². The quantitative estimate of drug-likeness (QED) is 0.508. The van der Waals surface area contributed by atoms with E-state index in [2.05, 4.69) is 5.32 Å². The summed E-state index contributed by atoms with van der Waals surface area (Å²) >= 11 is 0. The van der Waals surface area contributed by atoms with Crippen molar-refractivity contribution in [1.82, 2.24) is 9.62 Å². The van der Waals surface area contributed by atoms with Crippen molar-refractivity contribution < 1.29 is 27.9 Å². The second-order valence-corrected chi connectivity index (χ2v) is 7.92. The van der Waals surface area contributed by atoms with E-state index in [-0.39, 0.29) is 19.0 Å². The maximum absolute atomic E-state index is 12.1. The van der Waals surface area contributed by atoms with Crippen LogP contribution in [-0.4, -0.2) is 69.3 Å². The fraction of sp³-hybridized carbons (Fsp3) is 0.529. The van der Waals surface area contributed by atoms with Gasteiger partial charge in [-0.05, 0) is 37.6 Å². The molecule has 1 aromatic rings. The zero-order chi connectivity index (χ0) is 21.0. The first-order valence-electron chi connectivity index (χ1n) is 8.31. The van der Waals surface area contributed by atoms with E-state index < -0.39 is 16.0 Å². The molecule has 0 heterocycles. The van der Waals surface area contributed by atoms with Gasteiger partial charge in [0.05, 0.1) is 12.9 Å².